The summed E-state index contributed by atoms with van der Waals surface area (Å²) in [6.07, 6.45) is 5.58. The number of anilines is 1. The molecule has 88 valence electrons. The van der Waals surface area contributed by atoms with Crippen LogP contribution in [0.2, 0.25) is 0 Å². The number of aromatic carboxylic acids is 1. The number of furan rings is 1. The van der Waals surface area contributed by atoms with Crippen molar-refractivity contribution in [3.8, 4) is 0 Å². The Morgan fingerprint density at radius 2 is 2.38 bits per heavy atom. The quantitative estimate of drug-likeness (QED) is 0.848. The van der Waals surface area contributed by atoms with Gasteiger partial charge in [0.1, 0.15) is 0 Å². The summed E-state index contributed by atoms with van der Waals surface area (Å²) < 4.78 is 5.16. The van der Waals surface area contributed by atoms with Gasteiger partial charge in [-0.3, -0.25) is 0 Å². The zero-order chi connectivity index (χ0) is 11.5. The Morgan fingerprint density at radius 1 is 1.56 bits per heavy atom. The maximum atomic E-state index is 10.6. The van der Waals surface area contributed by atoms with Gasteiger partial charge in [-0.25, -0.2) is 4.79 Å². The largest absolute Gasteiger partial charge is 0.475 e. The van der Waals surface area contributed by atoms with Crippen LogP contribution in [0.25, 0.3) is 0 Å². The monoisotopic (exact) mass is 241 g/mol. The predicted octanol–water partition coefficient (Wildman–Crippen LogP) is 2.67. The van der Waals surface area contributed by atoms with E-state index in [0.29, 0.717) is 17.2 Å². The molecule has 2 rings (SSSR count). The second kappa shape index (κ2) is 4.82. The summed E-state index contributed by atoms with van der Waals surface area (Å²) in [7, 11) is 0. The lowest BCUT2D eigenvalue weighted by molar-refractivity contribution is 0.0663. The maximum absolute atomic E-state index is 10.6. The molecule has 0 aliphatic heterocycles. The van der Waals surface area contributed by atoms with E-state index in [1.165, 1.54) is 12.5 Å². The van der Waals surface area contributed by atoms with E-state index in [0.717, 1.165) is 12.8 Å². The van der Waals surface area contributed by atoms with Crippen LogP contribution in [0.5, 0.6) is 0 Å². The van der Waals surface area contributed by atoms with E-state index in [4.69, 9.17) is 9.52 Å². The van der Waals surface area contributed by atoms with Crippen LogP contribution >= 0.6 is 11.8 Å². The molecule has 16 heavy (non-hydrogen) atoms. The number of carbonyl (C=O) groups is 1. The fourth-order valence-corrected chi connectivity index (χ4v) is 2.81. The number of rotatable bonds is 4. The summed E-state index contributed by atoms with van der Waals surface area (Å²) >= 11 is 1.89. The molecular formula is C11H15NO3S. The number of hydrogen-bond acceptors (Lipinski definition) is 4. The Hall–Kier alpha value is -1.10. The summed E-state index contributed by atoms with van der Waals surface area (Å²) in [5.74, 6) is -0.479. The topological polar surface area (TPSA) is 62.5 Å². The molecule has 0 radical (unpaired) electrons. The lowest BCUT2D eigenvalue weighted by atomic mass is 10.2. The van der Waals surface area contributed by atoms with E-state index in [-0.39, 0.29) is 5.76 Å². The molecule has 1 heterocycles. The number of hydrogen-bond donors (Lipinski definition) is 2. The van der Waals surface area contributed by atoms with Crippen LogP contribution in [0.1, 0.15) is 29.8 Å². The van der Waals surface area contributed by atoms with Crippen molar-refractivity contribution in [3.63, 3.8) is 0 Å². The summed E-state index contributed by atoms with van der Waals surface area (Å²) in [6.45, 7) is 0. The van der Waals surface area contributed by atoms with Crippen LogP contribution in [0.4, 0.5) is 5.88 Å². The third kappa shape index (κ3) is 2.52. The molecule has 2 atom stereocenters. The highest BCUT2D eigenvalue weighted by atomic mass is 32.2. The standard InChI is InChI=1S/C11H15NO3S/c1-16-8-3-2-7(6-8)12-10-5-4-9(15-10)11(13)14/h4-5,7-8,12H,2-3,6H2,1H3,(H,13,14). The van der Waals surface area contributed by atoms with Gasteiger partial charge in [-0.1, -0.05) is 0 Å². The fraction of sp³-hybridized carbons (Fsp3) is 0.545. The van der Waals surface area contributed by atoms with Crippen LogP contribution in [0, 0.1) is 0 Å². The molecule has 0 aromatic carbocycles. The van der Waals surface area contributed by atoms with E-state index in [9.17, 15) is 4.79 Å². The summed E-state index contributed by atoms with van der Waals surface area (Å²) in [5.41, 5.74) is 0. The first-order valence-corrected chi connectivity index (χ1v) is 6.60. The van der Waals surface area contributed by atoms with Crippen molar-refractivity contribution in [2.24, 2.45) is 0 Å². The number of carboxylic acids is 1. The second-order valence-electron chi connectivity index (χ2n) is 3.98. The SMILES string of the molecule is CSC1CCC(Nc2ccc(C(=O)O)o2)C1. The molecule has 0 saturated heterocycles. The Morgan fingerprint density at radius 3 is 2.94 bits per heavy atom. The van der Waals surface area contributed by atoms with Gasteiger partial charge in [-0.2, -0.15) is 11.8 Å². The molecule has 1 aromatic rings. The minimum absolute atomic E-state index is 0.0121. The number of nitrogens with one attached hydrogen (secondary N) is 1. The van der Waals surface area contributed by atoms with Crippen molar-refractivity contribution in [3.05, 3.63) is 17.9 Å². The average molecular weight is 241 g/mol. The van der Waals surface area contributed by atoms with Crippen molar-refractivity contribution in [1.82, 2.24) is 0 Å². The summed E-state index contributed by atoms with van der Waals surface area (Å²) in [4.78, 5) is 10.6. The van der Waals surface area contributed by atoms with Crippen LogP contribution in [-0.2, 0) is 0 Å². The molecule has 1 saturated carbocycles. The van der Waals surface area contributed by atoms with Crippen LogP contribution < -0.4 is 5.32 Å². The average Bonchev–Trinajstić information content (AvgIpc) is 2.87. The highest BCUT2D eigenvalue weighted by Gasteiger charge is 2.24. The molecule has 0 amide bonds. The van der Waals surface area contributed by atoms with Crippen molar-refractivity contribution < 1.29 is 14.3 Å². The molecule has 2 N–H and O–H groups in total. The second-order valence-corrected chi connectivity index (χ2v) is 5.12. The van der Waals surface area contributed by atoms with E-state index >= 15 is 0 Å². The van der Waals surface area contributed by atoms with Gasteiger partial charge < -0.3 is 14.8 Å². The van der Waals surface area contributed by atoms with Crippen molar-refractivity contribution in [2.75, 3.05) is 11.6 Å². The van der Waals surface area contributed by atoms with Crippen molar-refractivity contribution in [2.45, 2.75) is 30.6 Å². The lowest BCUT2D eigenvalue weighted by Gasteiger charge is -2.11. The third-order valence-electron chi connectivity index (χ3n) is 2.88. The normalized spacial score (nSPS) is 24.6. The Balaban J connectivity index is 1.92. The van der Waals surface area contributed by atoms with Gasteiger partial charge in [0.25, 0.3) is 0 Å². The maximum Gasteiger partial charge on any atom is 0.371 e. The number of thioether (sulfide) groups is 1. The number of carboxylic acid groups (broad SMARTS) is 1. The fourth-order valence-electron chi connectivity index (χ4n) is 2.02. The van der Waals surface area contributed by atoms with Gasteiger partial charge >= 0.3 is 5.97 Å². The highest BCUT2D eigenvalue weighted by molar-refractivity contribution is 7.99. The van der Waals surface area contributed by atoms with Gasteiger partial charge in [-0.05, 0) is 31.6 Å². The van der Waals surface area contributed by atoms with Crippen LogP contribution in [0.15, 0.2) is 16.5 Å². The summed E-state index contributed by atoms with van der Waals surface area (Å²) in [5, 5.41) is 12.7. The molecule has 4 nitrogen and oxygen atoms in total. The zero-order valence-electron chi connectivity index (χ0n) is 9.10. The van der Waals surface area contributed by atoms with E-state index < -0.39 is 5.97 Å². The molecule has 1 aromatic heterocycles. The molecule has 2 unspecified atom stereocenters. The Bertz CT molecular complexity index is 377. The van der Waals surface area contributed by atoms with E-state index in [1.807, 2.05) is 11.8 Å². The first-order chi connectivity index (χ1) is 7.69. The molecule has 0 bridgehead atoms. The molecule has 1 aliphatic rings. The van der Waals surface area contributed by atoms with Gasteiger partial charge in [0.2, 0.25) is 5.76 Å². The van der Waals surface area contributed by atoms with E-state index in [2.05, 4.69) is 11.6 Å². The summed E-state index contributed by atoms with van der Waals surface area (Å²) in [6, 6.07) is 3.56. The highest BCUT2D eigenvalue weighted by Crippen LogP contribution is 2.30. The van der Waals surface area contributed by atoms with Crippen LogP contribution in [0.3, 0.4) is 0 Å². The molecule has 1 fully saturated rings. The lowest BCUT2D eigenvalue weighted by Crippen LogP contribution is -2.15. The minimum atomic E-state index is -1.03. The molecule has 0 spiro atoms. The Kier molecular flexibility index (Phi) is 3.43. The van der Waals surface area contributed by atoms with Crippen molar-refractivity contribution in [1.29, 1.82) is 0 Å². The van der Waals surface area contributed by atoms with Gasteiger partial charge in [0, 0.05) is 17.4 Å². The van der Waals surface area contributed by atoms with Crippen LogP contribution in [-0.4, -0.2) is 28.6 Å². The van der Waals surface area contributed by atoms with Gasteiger partial charge in [-0.15, -0.1) is 0 Å². The minimum Gasteiger partial charge on any atom is -0.475 e. The van der Waals surface area contributed by atoms with Gasteiger partial charge in [0.15, 0.2) is 5.88 Å². The molecule has 1 aliphatic carbocycles. The van der Waals surface area contributed by atoms with E-state index in [1.54, 1.807) is 6.07 Å². The van der Waals surface area contributed by atoms with Crippen molar-refractivity contribution >= 4 is 23.6 Å². The predicted molar refractivity (Wildman–Crippen MR) is 64.2 cm³/mol. The zero-order valence-corrected chi connectivity index (χ0v) is 9.92. The van der Waals surface area contributed by atoms with Gasteiger partial charge in [0.05, 0.1) is 0 Å². The molecule has 5 heteroatoms. The third-order valence-corrected chi connectivity index (χ3v) is 3.98. The first kappa shape index (κ1) is 11.4. The smallest absolute Gasteiger partial charge is 0.371 e. The molecular weight excluding hydrogens is 226 g/mol. The Labute approximate surface area is 98.4 Å². The first-order valence-electron chi connectivity index (χ1n) is 5.31.